The van der Waals surface area contributed by atoms with Crippen molar-refractivity contribution in [3.63, 3.8) is 0 Å². The summed E-state index contributed by atoms with van der Waals surface area (Å²) in [7, 11) is 0. The van der Waals surface area contributed by atoms with Crippen LogP contribution in [0.2, 0.25) is 0 Å². The van der Waals surface area contributed by atoms with E-state index in [-0.39, 0.29) is 0 Å². The molecule has 0 saturated heterocycles. The Hall–Kier alpha value is 0.434. The summed E-state index contributed by atoms with van der Waals surface area (Å²) in [5.74, 6) is 1.77. The number of hydrogen-bond acceptors (Lipinski definition) is 3. The molecule has 280 valence electrons. The Morgan fingerprint density at radius 2 is 0.478 bits per heavy atom. The summed E-state index contributed by atoms with van der Waals surface area (Å²) in [6.07, 6.45) is 42.5. The fourth-order valence-corrected chi connectivity index (χ4v) is 5.22. The molecule has 0 aromatic rings. The van der Waals surface area contributed by atoms with E-state index in [1.165, 1.54) is 167 Å². The van der Waals surface area contributed by atoms with Gasteiger partial charge in [0, 0.05) is 13.2 Å². The van der Waals surface area contributed by atoms with E-state index in [4.69, 9.17) is 13.5 Å². The molecule has 0 unspecified atom stereocenters. The summed E-state index contributed by atoms with van der Waals surface area (Å²) in [4.78, 5) is 0. The molecule has 0 aromatic heterocycles. The predicted octanol–water partition coefficient (Wildman–Crippen LogP) is 14.5. The van der Waals surface area contributed by atoms with Gasteiger partial charge in [0.25, 0.3) is 0 Å². The van der Waals surface area contributed by atoms with E-state index in [0.29, 0.717) is 13.2 Å². The topological polar surface area (TPSA) is 57.5 Å². The molecule has 0 rings (SSSR count). The Bertz CT molecular complexity index is 393. The number of rotatable bonds is 30. The van der Waals surface area contributed by atoms with E-state index in [1.54, 1.807) is 0 Å². The van der Waals surface area contributed by atoms with Gasteiger partial charge in [0.15, 0.2) is 0 Å². The molecule has 4 heteroatoms. The van der Waals surface area contributed by atoms with Gasteiger partial charge in [-0.25, -0.2) is 0 Å². The van der Waals surface area contributed by atoms with Crippen molar-refractivity contribution >= 4 is 0 Å². The van der Waals surface area contributed by atoms with Gasteiger partial charge < -0.3 is 23.1 Å². The van der Waals surface area contributed by atoms with Crippen LogP contribution in [0.5, 0.6) is 0 Å². The summed E-state index contributed by atoms with van der Waals surface area (Å²) in [5.41, 5.74) is 0. The van der Waals surface area contributed by atoms with Gasteiger partial charge in [0.1, 0.15) is 0 Å². The van der Waals surface area contributed by atoms with Crippen molar-refractivity contribution < 1.29 is 33.9 Å². The third kappa shape index (κ3) is 79.7. The Morgan fingerprint density at radius 3 is 0.609 bits per heavy atom. The molecule has 0 amide bonds. The van der Waals surface area contributed by atoms with Crippen LogP contribution >= 0.6 is 0 Å². The number of aliphatic hydroxyl groups is 2. The fraction of sp³-hybridized carbons (Fsp3) is 0.952. The van der Waals surface area contributed by atoms with E-state index < -0.39 is 0 Å². The van der Waals surface area contributed by atoms with Crippen LogP contribution in [-0.4, -0.2) is 23.4 Å². The van der Waals surface area contributed by atoms with Crippen molar-refractivity contribution in [2.45, 2.75) is 235 Å². The maximum atomic E-state index is 8.67. The van der Waals surface area contributed by atoms with Crippen LogP contribution in [0, 0.1) is 24.7 Å². The second-order valence-corrected chi connectivity index (χ2v) is 14.2. The first-order valence-corrected chi connectivity index (χ1v) is 20.9. The van der Waals surface area contributed by atoms with Crippen molar-refractivity contribution in [2.24, 2.45) is 11.8 Å². The third-order valence-corrected chi connectivity index (χ3v) is 7.88. The molecule has 0 bridgehead atoms. The van der Waals surface area contributed by atoms with Gasteiger partial charge in [-0.2, -0.15) is 27.7 Å². The minimum atomic E-state index is 0.372. The van der Waals surface area contributed by atoms with Crippen LogP contribution in [0.25, 0.3) is 0 Å². The second kappa shape index (κ2) is 60.7. The molecule has 46 heavy (non-hydrogen) atoms. The van der Waals surface area contributed by atoms with Crippen LogP contribution < -0.4 is 0 Å². The van der Waals surface area contributed by atoms with E-state index >= 15 is 0 Å². The Morgan fingerprint density at radius 1 is 0.348 bits per heavy atom. The van der Waals surface area contributed by atoms with Gasteiger partial charge in [-0.1, -0.05) is 195 Å². The Kier molecular flexibility index (Phi) is 73.7. The molecular formula is C42H90O3Ti. The molecule has 0 aliphatic heterocycles. The van der Waals surface area contributed by atoms with Crippen molar-refractivity contribution in [3.05, 3.63) is 12.8 Å². The van der Waals surface area contributed by atoms with Crippen molar-refractivity contribution in [2.75, 3.05) is 13.2 Å². The molecule has 0 heterocycles. The first-order chi connectivity index (χ1) is 22.4. The molecule has 0 saturated carbocycles. The summed E-state index contributed by atoms with van der Waals surface area (Å²) < 4.78 is 8.25. The van der Waals surface area contributed by atoms with Gasteiger partial charge in [0.05, 0.1) is 0 Å². The molecule has 3 nitrogen and oxygen atoms in total. The standard InChI is InChI=1S/2C18H38O.2C3H7.O.Ti/c2*1-18(2)16-14-12-10-8-6-4-3-5-7-9-11-13-15-17-19;2*1-3-2;;/h2*18-19H,3-17H2,1-2H3;2*3H,1-2H3;;/q;;2*-1;;+2. The monoisotopic (exact) mass is 691 g/mol. The molecule has 0 atom stereocenters. The average Bonchev–Trinajstić information content (AvgIpc) is 3.03. The molecule has 0 radical (unpaired) electrons. The molecule has 0 aliphatic carbocycles. The van der Waals surface area contributed by atoms with Gasteiger partial charge in [-0.3, -0.25) is 0 Å². The van der Waals surface area contributed by atoms with Crippen LogP contribution in [0.15, 0.2) is 0 Å². The Labute approximate surface area is 305 Å². The first kappa shape index (κ1) is 55.8. The van der Waals surface area contributed by atoms with Crippen molar-refractivity contribution in [3.8, 4) is 0 Å². The molecule has 2 N–H and O–H groups in total. The second-order valence-electron chi connectivity index (χ2n) is 14.2. The zero-order valence-electron chi connectivity index (χ0n) is 33.3. The molecule has 0 aromatic carbocycles. The molecular weight excluding hydrogens is 600 g/mol. The zero-order valence-corrected chi connectivity index (χ0v) is 34.9. The van der Waals surface area contributed by atoms with Crippen LogP contribution in [0.4, 0.5) is 0 Å². The minimum absolute atomic E-state index is 0.372. The number of aliphatic hydroxyl groups excluding tert-OH is 2. The SMILES string of the molecule is CC(C)CCCCCCCCCCCCCCCO.CC(C)CCCCCCCCCCCCCCCO.C[CH-]C.C[CH-]C.[O]=[Ti+2]. The normalized spacial score (nSPS) is 10.3. The number of unbranched alkanes of at least 4 members (excludes halogenated alkanes) is 24. The van der Waals surface area contributed by atoms with E-state index in [2.05, 4.69) is 27.7 Å². The van der Waals surface area contributed by atoms with Crippen molar-refractivity contribution in [1.29, 1.82) is 0 Å². The fourth-order valence-electron chi connectivity index (χ4n) is 5.22. The molecule has 0 spiro atoms. The summed E-state index contributed by atoms with van der Waals surface area (Å²) in [6.45, 7) is 18.0. The van der Waals surface area contributed by atoms with E-state index in [0.717, 1.165) is 45.1 Å². The quantitative estimate of drug-likeness (QED) is 0.0448. The predicted molar refractivity (Wildman–Crippen MR) is 205 cm³/mol. The summed E-state index contributed by atoms with van der Waals surface area (Å²) >= 11 is 0.750. The van der Waals surface area contributed by atoms with Gasteiger partial charge in [0.2, 0.25) is 0 Å². The average molecular weight is 691 g/mol. The first-order valence-electron chi connectivity index (χ1n) is 20.3. The van der Waals surface area contributed by atoms with Gasteiger partial charge in [-0.15, -0.1) is 0 Å². The maximum absolute atomic E-state index is 8.67. The zero-order chi connectivity index (χ0) is 35.8. The van der Waals surface area contributed by atoms with Crippen LogP contribution in [0.1, 0.15) is 235 Å². The summed E-state index contributed by atoms with van der Waals surface area (Å²) in [6, 6.07) is 0. The van der Waals surface area contributed by atoms with E-state index in [1.807, 2.05) is 40.5 Å². The number of hydrogen-bond donors (Lipinski definition) is 2. The van der Waals surface area contributed by atoms with Gasteiger partial charge >= 0.3 is 23.7 Å². The van der Waals surface area contributed by atoms with Crippen molar-refractivity contribution in [1.82, 2.24) is 0 Å². The third-order valence-electron chi connectivity index (χ3n) is 7.88. The van der Waals surface area contributed by atoms with E-state index in [9.17, 15) is 0 Å². The summed E-state index contributed by atoms with van der Waals surface area (Å²) in [5, 5.41) is 17.3. The van der Waals surface area contributed by atoms with Crippen LogP contribution in [0.3, 0.4) is 0 Å². The molecule has 0 aliphatic rings. The van der Waals surface area contributed by atoms with Crippen LogP contribution in [-0.2, 0) is 23.7 Å². The molecule has 0 fully saturated rings. The Balaban J connectivity index is -0.000000198. The van der Waals surface area contributed by atoms with Gasteiger partial charge in [-0.05, 0) is 24.7 Å².